The molecule has 1 rings (SSSR count). The molecule has 0 fully saturated rings. The average Bonchev–Trinajstić information content (AvgIpc) is 2.27. The van der Waals surface area contributed by atoms with Gasteiger partial charge in [0.2, 0.25) is 0 Å². The number of rotatable bonds is 6. The number of nitro benzene ring substituents is 1. The molecule has 0 aromatic heterocycles. The summed E-state index contributed by atoms with van der Waals surface area (Å²) in [5, 5.41) is 23.3. The van der Waals surface area contributed by atoms with Crippen LogP contribution in [-0.4, -0.2) is 22.7 Å². The average molecular weight is 303 g/mol. The molecule has 1 unspecified atom stereocenters. The number of benzene rings is 1. The number of hydrogen-bond acceptors (Lipinski definition) is 4. The first kappa shape index (κ1) is 13.9. The first-order chi connectivity index (χ1) is 8.04. The quantitative estimate of drug-likeness (QED) is 0.626. The van der Waals surface area contributed by atoms with Gasteiger partial charge >= 0.3 is 0 Å². The van der Waals surface area contributed by atoms with Gasteiger partial charge in [-0.05, 0) is 18.6 Å². The van der Waals surface area contributed by atoms with Crippen LogP contribution < -0.4 is 5.32 Å². The largest absolute Gasteiger partial charge is 0.391 e. The molecule has 0 heterocycles. The number of nitrogens with one attached hydrogen (secondary N) is 1. The Kier molecular flexibility index (Phi) is 5.37. The van der Waals surface area contributed by atoms with Crippen molar-refractivity contribution in [1.82, 2.24) is 0 Å². The highest BCUT2D eigenvalue weighted by Crippen LogP contribution is 2.27. The Balaban J connectivity index is 2.73. The molecule has 0 bridgehead atoms. The summed E-state index contributed by atoms with van der Waals surface area (Å²) in [6.07, 6.45) is 1.08. The predicted molar refractivity (Wildman–Crippen MR) is 70.2 cm³/mol. The lowest BCUT2D eigenvalue weighted by Crippen LogP contribution is -2.19. The SMILES string of the molecule is CCCC(O)CNc1ccc(Br)cc1[N+](=O)[O-]. The van der Waals surface area contributed by atoms with E-state index in [2.05, 4.69) is 21.2 Å². The second kappa shape index (κ2) is 6.56. The lowest BCUT2D eigenvalue weighted by Gasteiger charge is -2.12. The standard InChI is InChI=1S/C11H15BrN2O3/c1-2-3-9(15)7-13-10-5-4-8(12)6-11(10)14(16)17/h4-6,9,13,15H,2-3,7H2,1H3. The van der Waals surface area contributed by atoms with Gasteiger partial charge in [0.1, 0.15) is 5.69 Å². The summed E-state index contributed by atoms with van der Waals surface area (Å²) in [6, 6.07) is 4.79. The van der Waals surface area contributed by atoms with Crippen molar-refractivity contribution >= 4 is 27.3 Å². The van der Waals surface area contributed by atoms with E-state index in [1.54, 1.807) is 12.1 Å². The Morgan fingerprint density at radius 1 is 1.59 bits per heavy atom. The Morgan fingerprint density at radius 2 is 2.29 bits per heavy atom. The van der Waals surface area contributed by atoms with Gasteiger partial charge in [0, 0.05) is 17.1 Å². The highest BCUT2D eigenvalue weighted by Gasteiger charge is 2.14. The minimum absolute atomic E-state index is 0.00285. The van der Waals surface area contributed by atoms with Gasteiger partial charge in [-0.15, -0.1) is 0 Å². The zero-order chi connectivity index (χ0) is 12.8. The van der Waals surface area contributed by atoms with Crippen LogP contribution in [0.1, 0.15) is 19.8 Å². The van der Waals surface area contributed by atoms with Crippen LogP contribution >= 0.6 is 15.9 Å². The van der Waals surface area contributed by atoms with Gasteiger partial charge in [0.15, 0.2) is 0 Å². The lowest BCUT2D eigenvalue weighted by atomic mass is 10.2. The monoisotopic (exact) mass is 302 g/mol. The van der Waals surface area contributed by atoms with Crippen LogP contribution in [-0.2, 0) is 0 Å². The molecule has 94 valence electrons. The fourth-order valence-corrected chi connectivity index (χ4v) is 1.82. The van der Waals surface area contributed by atoms with Crippen LogP contribution in [0.5, 0.6) is 0 Å². The van der Waals surface area contributed by atoms with Crippen molar-refractivity contribution in [3.63, 3.8) is 0 Å². The summed E-state index contributed by atoms with van der Waals surface area (Å²) < 4.78 is 0.656. The van der Waals surface area contributed by atoms with Crippen LogP contribution in [0.3, 0.4) is 0 Å². The van der Waals surface area contributed by atoms with Crippen molar-refractivity contribution < 1.29 is 10.0 Å². The minimum Gasteiger partial charge on any atom is -0.391 e. The maximum Gasteiger partial charge on any atom is 0.293 e. The number of aliphatic hydroxyl groups excluding tert-OH is 1. The van der Waals surface area contributed by atoms with E-state index in [9.17, 15) is 15.2 Å². The van der Waals surface area contributed by atoms with E-state index >= 15 is 0 Å². The molecule has 0 spiro atoms. The van der Waals surface area contributed by atoms with E-state index in [4.69, 9.17) is 0 Å². The molecule has 0 radical (unpaired) electrons. The Bertz CT molecular complexity index is 398. The van der Waals surface area contributed by atoms with Gasteiger partial charge in [-0.2, -0.15) is 0 Å². The van der Waals surface area contributed by atoms with Crippen molar-refractivity contribution in [1.29, 1.82) is 0 Å². The number of halogens is 1. The van der Waals surface area contributed by atoms with Gasteiger partial charge < -0.3 is 10.4 Å². The Labute approximate surface area is 108 Å². The van der Waals surface area contributed by atoms with Crippen molar-refractivity contribution in [3.8, 4) is 0 Å². The number of nitro groups is 1. The van der Waals surface area contributed by atoms with E-state index < -0.39 is 11.0 Å². The molecule has 0 saturated heterocycles. The number of aliphatic hydroxyl groups is 1. The molecule has 2 N–H and O–H groups in total. The van der Waals surface area contributed by atoms with Gasteiger partial charge in [0.05, 0.1) is 11.0 Å². The van der Waals surface area contributed by atoms with Crippen LogP contribution in [0, 0.1) is 10.1 Å². The molecule has 1 atom stereocenters. The maximum atomic E-state index is 10.8. The van der Waals surface area contributed by atoms with Crippen molar-refractivity contribution in [2.24, 2.45) is 0 Å². The van der Waals surface area contributed by atoms with Crippen LogP contribution in [0.2, 0.25) is 0 Å². The van der Waals surface area contributed by atoms with Gasteiger partial charge in [-0.3, -0.25) is 10.1 Å². The molecule has 0 aliphatic heterocycles. The molecular weight excluding hydrogens is 288 g/mol. The summed E-state index contributed by atoms with van der Waals surface area (Å²) >= 11 is 3.19. The molecule has 1 aromatic rings. The predicted octanol–water partition coefficient (Wildman–Crippen LogP) is 2.93. The molecule has 0 aliphatic carbocycles. The molecule has 0 saturated carbocycles. The summed E-state index contributed by atoms with van der Waals surface area (Å²) in [7, 11) is 0. The molecule has 0 aliphatic rings. The fraction of sp³-hybridized carbons (Fsp3) is 0.455. The second-order valence-electron chi connectivity index (χ2n) is 3.74. The third kappa shape index (κ3) is 4.32. The second-order valence-corrected chi connectivity index (χ2v) is 4.66. The van der Waals surface area contributed by atoms with Crippen molar-refractivity contribution in [2.45, 2.75) is 25.9 Å². The molecule has 1 aromatic carbocycles. The van der Waals surface area contributed by atoms with Crippen LogP contribution in [0.15, 0.2) is 22.7 Å². The first-order valence-corrected chi connectivity index (χ1v) is 6.19. The van der Waals surface area contributed by atoms with Crippen LogP contribution in [0.25, 0.3) is 0 Å². The lowest BCUT2D eigenvalue weighted by molar-refractivity contribution is -0.384. The fourth-order valence-electron chi connectivity index (χ4n) is 1.47. The molecule has 0 amide bonds. The highest BCUT2D eigenvalue weighted by molar-refractivity contribution is 9.10. The summed E-state index contributed by atoms with van der Waals surface area (Å²) in [5.74, 6) is 0. The van der Waals surface area contributed by atoms with E-state index in [-0.39, 0.29) is 5.69 Å². The van der Waals surface area contributed by atoms with Crippen molar-refractivity contribution in [3.05, 3.63) is 32.8 Å². The molecular formula is C11H15BrN2O3. The summed E-state index contributed by atoms with van der Waals surface area (Å²) in [4.78, 5) is 10.4. The van der Waals surface area contributed by atoms with E-state index in [1.165, 1.54) is 6.07 Å². The zero-order valence-corrected chi connectivity index (χ0v) is 11.1. The van der Waals surface area contributed by atoms with Crippen LogP contribution in [0.4, 0.5) is 11.4 Å². The number of anilines is 1. The van der Waals surface area contributed by atoms with E-state index in [0.29, 0.717) is 23.1 Å². The minimum atomic E-state index is -0.483. The Morgan fingerprint density at radius 3 is 2.88 bits per heavy atom. The summed E-state index contributed by atoms with van der Waals surface area (Å²) in [6.45, 7) is 2.29. The van der Waals surface area contributed by atoms with Gasteiger partial charge in [0.25, 0.3) is 5.69 Å². The zero-order valence-electron chi connectivity index (χ0n) is 9.52. The third-order valence-electron chi connectivity index (χ3n) is 2.31. The smallest absolute Gasteiger partial charge is 0.293 e. The topological polar surface area (TPSA) is 75.4 Å². The van der Waals surface area contributed by atoms with E-state index in [0.717, 1.165) is 6.42 Å². The first-order valence-electron chi connectivity index (χ1n) is 5.40. The maximum absolute atomic E-state index is 10.8. The molecule has 6 heteroatoms. The summed E-state index contributed by atoms with van der Waals surface area (Å²) in [5.41, 5.74) is 0.427. The van der Waals surface area contributed by atoms with Gasteiger partial charge in [-0.25, -0.2) is 0 Å². The molecule has 17 heavy (non-hydrogen) atoms. The molecule has 5 nitrogen and oxygen atoms in total. The number of nitrogens with zero attached hydrogens (tertiary/aromatic N) is 1. The van der Waals surface area contributed by atoms with E-state index in [1.807, 2.05) is 6.92 Å². The highest BCUT2D eigenvalue weighted by atomic mass is 79.9. The number of hydrogen-bond donors (Lipinski definition) is 2. The van der Waals surface area contributed by atoms with Crippen molar-refractivity contribution in [2.75, 3.05) is 11.9 Å². The Hall–Kier alpha value is -1.14. The third-order valence-corrected chi connectivity index (χ3v) is 2.80. The normalized spacial score (nSPS) is 12.2. The van der Waals surface area contributed by atoms with Gasteiger partial charge in [-0.1, -0.05) is 29.3 Å².